The molecule has 1 fully saturated rings. The summed E-state index contributed by atoms with van der Waals surface area (Å²) in [5, 5.41) is 15.3. The zero-order valence-corrected chi connectivity index (χ0v) is 15.3. The number of rotatable bonds is 6. The van der Waals surface area contributed by atoms with Gasteiger partial charge in [0.05, 0.1) is 17.8 Å². The molecular formula is C17H27N3O2Si. The first kappa shape index (κ1) is 16.5. The fourth-order valence-corrected chi connectivity index (χ4v) is 3.64. The molecule has 3 rings (SSSR count). The van der Waals surface area contributed by atoms with E-state index in [1.807, 2.05) is 10.9 Å². The average molecular weight is 334 g/mol. The Labute approximate surface area is 138 Å². The van der Waals surface area contributed by atoms with E-state index in [4.69, 9.17) is 4.74 Å². The minimum Gasteiger partial charge on any atom is -0.391 e. The number of aliphatic hydroxyl groups is 1. The van der Waals surface area contributed by atoms with Gasteiger partial charge in [-0.3, -0.25) is 0 Å². The molecule has 0 spiro atoms. The van der Waals surface area contributed by atoms with Gasteiger partial charge in [-0.1, -0.05) is 19.6 Å². The van der Waals surface area contributed by atoms with E-state index in [1.165, 1.54) is 6.04 Å². The van der Waals surface area contributed by atoms with Crippen molar-refractivity contribution in [1.82, 2.24) is 9.78 Å². The summed E-state index contributed by atoms with van der Waals surface area (Å²) in [6.07, 6.45) is 2.54. The minimum atomic E-state index is -1.04. The number of aromatic nitrogens is 2. The van der Waals surface area contributed by atoms with Crippen LogP contribution in [0.2, 0.25) is 25.7 Å². The van der Waals surface area contributed by atoms with Crippen molar-refractivity contribution < 1.29 is 9.84 Å². The maximum absolute atomic E-state index is 9.68. The SMILES string of the molecule is C[Si](C)(C)CCOCn1ncc2cc(N3CCC(O)C3)ccc21. The Bertz CT molecular complexity index is 665. The molecule has 1 aliphatic heterocycles. The highest BCUT2D eigenvalue weighted by atomic mass is 28.3. The van der Waals surface area contributed by atoms with Crippen molar-refractivity contribution in [3.63, 3.8) is 0 Å². The smallest absolute Gasteiger partial charge is 0.139 e. The second-order valence-corrected chi connectivity index (χ2v) is 13.2. The number of benzene rings is 1. The summed E-state index contributed by atoms with van der Waals surface area (Å²) in [5.74, 6) is 0. The van der Waals surface area contributed by atoms with E-state index in [0.717, 1.165) is 42.7 Å². The van der Waals surface area contributed by atoms with Crippen LogP contribution in [0.15, 0.2) is 24.4 Å². The Hall–Kier alpha value is -1.37. The molecule has 1 atom stereocenters. The van der Waals surface area contributed by atoms with E-state index in [1.54, 1.807) is 0 Å². The average Bonchev–Trinajstić information content (AvgIpc) is 3.08. The van der Waals surface area contributed by atoms with Gasteiger partial charge in [-0.2, -0.15) is 5.10 Å². The van der Waals surface area contributed by atoms with Crippen LogP contribution in [0.4, 0.5) is 5.69 Å². The van der Waals surface area contributed by atoms with Gasteiger partial charge in [0.1, 0.15) is 6.73 Å². The maximum atomic E-state index is 9.68. The summed E-state index contributed by atoms with van der Waals surface area (Å²) >= 11 is 0. The van der Waals surface area contributed by atoms with Gasteiger partial charge >= 0.3 is 0 Å². The predicted molar refractivity (Wildman–Crippen MR) is 96.7 cm³/mol. The highest BCUT2D eigenvalue weighted by Crippen LogP contribution is 2.25. The van der Waals surface area contributed by atoms with Crippen LogP contribution in [0.3, 0.4) is 0 Å². The number of β-amino-alcohol motifs (C(OH)–C–C–N with tert-alkyl or cyclic N) is 1. The van der Waals surface area contributed by atoms with E-state index >= 15 is 0 Å². The summed E-state index contributed by atoms with van der Waals surface area (Å²) in [6, 6.07) is 7.54. The molecule has 5 nitrogen and oxygen atoms in total. The highest BCUT2D eigenvalue weighted by molar-refractivity contribution is 6.76. The van der Waals surface area contributed by atoms with Crippen molar-refractivity contribution in [3.8, 4) is 0 Å². The van der Waals surface area contributed by atoms with Crippen molar-refractivity contribution in [1.29, 1.82) is 0 Å². The van der Waals surface area contributed by atoms with E-state index in [-0.39, 0.29) is 6.10 Å². The zero-order valence-electron chi connectivity index (χ0n) is 14.3. The lowest BCUT2D eigenvalue weighted by molar-refractivity contribution is 0.0817. The Morgan fingerprint density at radius 2 is 2.17 bits per heavy atom. The van der Waals surface area contributed by atoms with Crippen molar-refractivity contribution in [2.24, 2.45) is 0 Å². The third-order valence-corrected chi connectivity index (χ3v) is 6.07. The lowest BCUT2D eigenvalue weighted by Crippen LogP contribution is -2.22. The topological polar surface area (TPSA) is 50.5 Å². The normalized spacial score (nSPS) is 19.0. The fourth-order valence-electron chi connectivity index (χ4n) is 2.88. The van der Waals surface area contributed by atoms with E-state index in [2.05, 4.69) is 47.8 Å². The molecular weight excluding hydrogens is 306 g/mol. The molecule has 0 radical (unpaired) electrons. The summed E-state index contributed by atoms with van der Waals surface area (Å²) < 4.78 is 7.72. The quantitative estimate of drug-likeness (QED) is 0.652. The largest absolute Gasteiger partial charge is 0.391 e. The molecule has 0 aliphatic carbocycles. The van der Waals surface area contributed by atoms with Crippen LogP contribution in [0.5, 0.6) is 0 Å². The molecule has 2 heterocycles. The maximum Gasteiger partial charge on any atom is 0.139 e. The molecule has 1 N–H and O–H groups in total. The van der Waals surface area contributed by atoms with Crippen LogP contribution in [0.25, 0.3) is 10.9 Å². The first-order valence-corrected chi connectivity index (χ1v) is 12.1. The van der Waals surface area contributed by atoms with Crippen molar-refractivity contribution >= 4 is 24.7 Å². The predicted octanol–water partition coefficient (Wildman–Crippen LogP) is 2.92. The van der Waals surface area contributed by atoms with Gasteiger partial charge in [-0.25, -0.2) is 4.68 Å². The van der Waals surface area contributed by atoms with Gasteiger partial charge < -0.3 is 14.7 Å². The summed E-state index contributed by atoms with van der Waals surface area (Å²) in [7, 11) is -1.04. The molecule has 0 bridgehead atoms. The number of fused-ring (bicyclic) bond motifs is 1. The van der Waals surface area contributed by atoms with Crippen LogP contribution in [0.1, 0.15) is 6.42 Å². The number of ether oxygens (including phenoxy) is 1. The zero-order chi connectivity index (χ0) is 16.4. The van der Waals surface area contributed by atoms with Crippen LogP contribution >= 0.6 is 0 Å². The number of nitrogens with zero attached hydrogens (tertiary/aromatic N) is 3. The van der Waals surface area contributed by atoms with Gasteiger partial charge in [0, 0.05) is 38.8 Å². The van der Waals surface area contributed by atoms with E-state index < -0.39 is 8.07 Å². The van der Waals surface area contributed by atoms with Crippen LogP contribution in [0, 0.1) is 0 Å². The summed E-state index contributed by atoms with van der Waals surface area (Å²) in [4.78, 5) is 2.23. The van der Waals surface area contributed by atoms with Gasteiger partial charge in [0.2, 0.25) is 0 Å². The van der Waals surface area contributed by atoms with Gasteiger partial charge in [-0.15, -0.1) is 0 Å². The number of aliphatic hydroxyl groups excluding tert-OH is 1. The van der Waals surface area contributed by atoms with Crippen LogP contribution < -0.4 is 4.90 Å². The molecule has 2 aromatic rings. The Balaban J connectivity index is 1.64. The molecule has 23 heavy (non-hydrogen) atoms. The summed E-state index contributed by atoms with van der Waals surface area (Å²) in [6.45, 7) is 10.0. The Morgan fingerprint density at radius 1 is 1.35 bits per heavy atom. The minimum absolute atomic E-state index is 0.201. The molecule has 1 saturated heterocycles. The van der Waals surface area contributed by atoms with E-state index in [0.29, 0.717) is 6.73 Å². The second kappa shape index (κ2) is 6.63. The number of hydrogen-bond acceptors (Lipinski definition) is 4. The van der Waals surface area contributed by atoms with Crippen molar-refractivity contribution in [2.75, 3.05) is 24.6 Å². The van der Waals surface area contributed by atoms with Crippen molar-refractivity contribution in [2.45, 2.75) is 44.9 Å². The standard InChI is InChI=1S/C17H27N3O2Si/c1-23(2,3)9-8-22-13-20-17-5-4-15(10-14(17)11-18-20)19-7-6-16(21)12-19/h4-5,10-11,16,21H,6-9,12-13H2,1-3H3. The first-order valence-electron chi connectivity index (χ1n) is 8.39. The molecule has 1 aromatic heterocycles. The monoisotopic (exact) mass is 333 g/mol. The molecule has 1 unspecified atom stereocenters. The fraction of sp³-hybridized carbons (Fsp3) is 0.588. The third kappa shape index (κ3) is 4.13. The third-order valence-electron chi connectivity index (χ3n) is 4.36. The van der Waals surface area contributed by atoms with Crippen LogP contribution in [-0.4, -0.2) is 48.8 Å². The Morgan fingerprint density at radius 3 is 2.87 bits per heavy atom. The molecule has 0 amide bonds. The summed E-state index contributed by atoms with van der Waals surface area (Å²) in [5.41, 5.74) is 2.26. The molecule has 1 aliphatic rings. The lowest BCUT2D eigenvalue weighted by atomic mass is 10.2. The molecule has 0 saturated carbocycles. The van der Waals surface area contributed by atoms with Gasteiger partial charge in [0.25, 0.3) is 0 Å². The number of hydrogen-bond donors (Lipinski definition) is 1. The molecule has 1 aromatic carbocycles. The molecule has 6 heteroatoms. The lowest BCUT2D eigenvalue weighted by Gasteiger charge is -2.18. The highest BCUT2D eigenvalue weighted by Gasteiger charge is 2.20. The van der Waals surface area contributed by atoms with Gasteiger partial charge in [0.15, 0.2) is 0 Å². The number of anilines is 1. The van der Waals surface area contributed by atoms with Crippen molar-refractivity contribution in [3.05, 3.63) is 24.4 Å². The molecule has 126 valence electrons. The van der Waals surface area contributed by atoms with E-state index in [9.17, 15) is 5.11 Å². The first-order chi connectivity index (χ1) is 10.9. The van der Waals surface area contributed by atoms with Gasteiger partial charge in [-0.05, 0) is 30.7 Å². The van der Waals surface area contributed by atoms with Crippen LogP contribution in [-0.2, 0) is 11.5 Å². The second-order valence-electron chi connectivity index (χ2n) is 7.62. The Kier molecular flexibility index (Phi) is 4.75.